The Morgan fingerprint density at radius 3 is 1.52 bits per heavy atom. The molecule has 0 saturated carbocycles. The van der Waals surface area contributed by atoms with Crippen molar-refractivity contribution in [2.24, 2.45) is 0 Å². The van der Waals surface area contributed by atoms with Crippen LogP contribution in [0.2, 0.25) is 0 Å². The Labute approximate surface area is 311 Å². The minimum absolute atomic E-state index is 1.16. The van der Waals surface area contributed by atoms with E-state index in [1.807, 2.05) is 12.4 Å². The molecule has 11 aromatic rings. The number of para-hydroxylation sites is 3. The van der Waals surface area contributed by atoms with E-state index in [1.54, 1.807) is 0 Å². The zero-order chi connectivity index (χ0) is 35.3. The summed E-state index contributed by atoms with van der Waals surface area (Å²) in [6.45, 7) is 0. The summed E-state index contributed by atoms with van der Waals surface area (Å²) in [7, 11) is 0. The number of hydrogen-bond donors (Lipinski definition) is 0. The SMILES string of the molecule is c1ccc(-n2c3ccccc3c3cc(-c4ccc5c(c4)c4cc(-c6ccc7c8c(cccc68)-c6cnccc6-7)ccc4n5-c4ccccc4)ccc32)cc1. The third-order valence-corrected chi connectivity index (χ3v) is 11.6. The van der Waals surface area contributed by atoms with Gasteiger partial charge in [0.15, 0.2) is 0 Å². The van der Waals surface area contributed by atoms with E-state index in [1.165, 1.54) is 105 Å². The molecule has 0 aliphatic heterocycles. The molecule has 0 unspecified atom stereocenters. The van der Waals surface area contributed by atoms with E-state index in [9.17, 15) is 0 Å². The van der Waals surface area contributed by atoms with Crippen molar-refractivity contribution in [3.8, 4) is 55.9 Å². The first kappa shape index (κ1) is 29.4. The summed E-state index contributed by atoms with van der Waals surface area (Å²) in [4.78, 5) is 4.46. The van der Waals surface area contributed by atoms with Crippen molar-refractivity contribution < 1.29 is 0 Å². The summed E-state index contributed by atoms with van der Waals surface area (Å²) in [6.07, 6.45) is 3.90. The highest BCUT2D eigenvalue weighted by Crippen LogP contribution is 2.49. The van der Waals surface area contributed by atoms with Gasteiger partial charge in [-0.05, 0) is 123 Å². The first-order valence-corrected chi connectivity index (χ1v) is 18.5. The Morgan fingerprint density at radius 1 is 0.315 bits per heavy atom. The summed E-state index contributed by atoms with van der Waals surface area (Å²) in [6, 6.07) is 64.5. The molecule has 0 N–H and O–H groups in total. The summed E-state index contributed by atoms with van der Waals surface area (Å²) in [5.74, 6) is 0. The van der Waals surface area contributed by atoms with Crippen LogP contribution in [0.1, 0.15) is 0 Å². The smallest absolute Gasteiger partial charge is 0.0541 e. The minimum atomic E-state index is 1.16. The molecule has 0 saturated heterocycles. The van der Waals surface area contributed by atoms with Crippen LogP contribution in [0.4, 0.5) is 0 Å². The molecule has 1 aliphatic carbocycles. The van der Waals surface area contributed by atoms with Crippen LogP contribution in [0.15, 0.2) is 188 Å². The van der Waals surface area contributed by atoms with Gasteiger partial charge in [0, 0.05) is 50.9 Å². The van der Waals surface area contributed by atoms with E-state index in [0.717, 1.165) is 5.69 Å². The van der Waals surface area contributed by atoms with Crippen molar-refractivity contribution in [3.63, 3.8) is 0 Å². The van der Waals surface area contributed by atoms with Gasteiger partial charge in [-0.1, -0.05) is 103 Å². The van der Waals surface area contributed by atoms with Crippen molar-refractivity contribution in [1.29, 1.82) is 0 Å². The molecule has 3 heterocycles. The van der Waals surface area contributed by atoms with Gasteiger partial charge in [-0.15, -0.1) is 0 Å². The molecular weight excluding hydrogens is 655 g/mol. The van der Waals surface area contributed by atoms with E-state index in [0.29, 0.717) is 0 Å². The molecule has 0 fully saturated rings. The van der Waals surface area contributed by atoms with Gasteiger partial charge in [0.2, 0.25) is 0 Å². The summed E-state index contributed by atoms with van der Waals surface area (Å²) >= 11 is 0. The van der Waals surface area contributed by atoms with Crippen molar-refractivity contribution in [3.05, 3.63) is 188 Å². The number of hydrogen-bond acceptors (Lipinski definition) is 1. The molecular formula is C51H31N3. The van der Waals surface area contributed by atoms with E-state index >= 15 is 0 Å². The lowest BCUT2D eigenvalue weighted by atomic mass is 9.93. The molecule has 1 aliphatic rings. The fourth-order valence-electron chi connectivity index (χ4n) is 9.18. The Morgan fingerprint density at radius 2 is 0.833 bits per heavy atom. The van der Waals surface area contributed by atoms with Crippen LogP contribution in [-0.4, -0.2) is 14.1 Å². The third kappa shape index (κ3) is 4.09. The highest BCUT2D eigenvalue weighted by Gasteiger charge is 2.23. The van der Waals surface area contributed by atoms with Crippen LogP contribution in [-0.2, 0) is 0 Å². The molecule has 250 valence electrons. The highest BCUT2D eigenvalue weighted by atomic mass is 15.0. The van der Waals surface area contributed by atoms with Crippen molar-refractivity contribution in [2.75, 3.05) is 0 Å². The Kier molecular flexibility index (Phi) is 6.05. The van der Waals surface area contributed by atoms with Gasteiger partial charge in [-0.2, -0.15) is 0 Å². The number of nitrogens with zero attached hydrogens (tertiary/aromatic N) is 3. The maximum atomic E-state index is 4.46. The number of aromatic nitrogens is 3. The van der Waals surface area contributed by atoms with Gasteiger partial charge >= 0.3 is 0 Å². The monoisotopic (exact) mass is 685 g/mol. The van der Waals surface area contributed by atoms with E-state index in [-0.39, 0.29) is 0 Å². The lowest BCUT2D eigenvalue weighted by molar-refractivity contribution is 1.18. The molecule has 3 nitrogen and oxygen atoms in total. The van der Waals surface area contributed by atoms with E-state index < -0.39 is 0 Å². The number of pyridine rings is 1. The average Bonchev–Trinajstić information content (AvgIpc) is 3.87. The van der Waals surface area contributed by atoms with Crippen LogP contribution < -0.4 is 0 Å². The van der Waals surface area contributed by atoms with Gasteiger partial charge in [0.05, 0.1) is 22.1 Å². The summed E-state index contributed by atoms with van der Waals surface area (Å²) in [5.41, 5.74) is 17.1. The minimum Gasteiger partial charge on any atom is -0.309 e. The molecule has 54 heavy (non-hydrogen) atoms. The van der Waals surface area contributed by atoms with Crippen LogP contribution >= 0.6 is 0 Å². The number of rotatable bonds is 4. The second kappa shape index (κ2) is 11.1. The van der Waals surface area contributed by atoms with Crippen LogP contribution in [0.3, 0.4) is 0 Å². The third-order valence-electron chi connectivity index (χ3n) is 11.6. The first-order valence-electron chi connectivity index (χ1n) is 18.5. The van der Waals surface area contributed by atoms with Gasteiger partial charge < -0.3 is 9.13 Å². The van der Waals surface area contributed by atoms with Gasteiger partial charge in [0.25, 0.3) is 0 Å². The maximum absolute atomic E-state index is 4.46. The van der Waals surface area contributed by atoms with E-state index in [4.69, 9.17) is 0 Å². The molecule has 12 rings (SSSR count). The predicted octanol–water partition coefficient (Wildman–Crippen LogP) is 13.4. The average molecular weight is 686 g/mol. The summed E-state index contributed by atoms with van der Waals surface area (Å²) < 4.78 is 4.79. The van der Waals surface area contributed by atoms with Gasteiger partial charge in [-0.25, -0.2) is 0 Å². The first-order chi connectivity index (χ1) is 26.8. The standard InChI is InChI=1S/C51H31N3/c1-3-10-35(11-4-1)53-47-17-8-7-14-39(47)43-28-32(18-23-48(43)53)33-19-24-49-44(29-33)45-30-34(20-25-50(45)54(49)36-12-5-2-6-13-36)37-21-22-42-38-26-27-52-31-46(38)41-16-9-15-40(37)51(41)42/h1-31H. The summed E-state index contributed by atoms with van der Waals surface area (Å²) in [5, 5.41) is 7.59. The second-order valence-corrected chi connectivity index (χ2v) is 14.4. The molecule has 0 amide bonds. The van der Waals surface area contributed by atoms with E-state index in [2.05, 4.69) is 190 Å². The highest BCUT2D eigenvalue weighted by molar-refractivity contribution is 6.19. The topological polar surface area (TPSA) is 22.8 Å². The largest absolute Gasteiger partial charge is 0.309 e. The zero-order valence-electron chi connectivity index (χ0n) is 29.2. The molecule has 3 heteroatoms. The molecule has 0 radical (unpaired) electrons. The number of benzene rings is 8. The molecule has 0 atom stereocenters. The molecule has 8 aromatic carbocycles. The molecule has 3 aromatic heterocycles. The lowest BCUT2D eigenvalue weighted by Gasteiger charge is -2.11. The zero-order valence-corrected chi connectivity index (χ0v) is 29.2. The van der Waals surface area contributed by atoms with Crippen molar-refractivity contribution >= 4 is 54.4 Å². The normalized spacial score (nSPS) is 12.1. The number of fused-ring (bicyclic) bond motifs is 9. The van der Waals surface area contributed by atoms with Gasteiger partial charge in [-0.3, -0.25) is 4.98 Å². The van der Waals surface area contributed by atoms with Crippen molar-refractivity contribution in [2.45, 2.75) is 0 Å². The predicted molar refractivity (Wildman–Crippen MR) is 226 cm³/mol. The molecule has 0 spiro atoms. The quantitative estimate of drug-likeness (QED) is 0.181. The van der Waals surface area contributed by atoms with Crippen LogP contribution in [0.5, 0.6) is 0 Å². The van der Waals surface area contributed by atoms with Crippen LogP contribution in [0.25, 0.3) is 110 Å². The fourth-order valence-corrected chi connectivity index (χ4v) is 9.18. The second-order valence-electron chi connectivity index (χ2n) is 14.4. The van der Waals surface area contributed by atoms with Crippen LogP contribution in [0, 0.1) is 0 Å². The Balaban J connectivity index is 1.08. The van der Waals surface area contributed by atoms with Gasteiger partial charge in [0.1, 0.15) is 0 Å². The Bertz CT molecular complexity index is 3280. The lowest BCUT2D eigenvalue weighted by Crippen LogP contribution is -1.93. The maximum Gasteiger partial charge on any atom is 0.0541 e. The molecule has 0 bridgehead atoms. The Hall–Kier alpha value is -7.23. The fraction of sp³-hybridized carbons (Fsp3) is 0. The van der Waals surface area contributed by atoms with Crippen molar-refractivity contribution in [1.82, 2.24) is 14.1 Å².